The van der Waals surface area contributed by atoms with Crippen LogP contribution in [0.4, 0.5) is 5.95 Å². The number of aliphatic hydroxyl groups excluding tert-OH is 1. The molecule has 11 heteroatoms. The minimum atomic E-state index is -0.968. The SMILES string of the molecule is CCc1cccc(OC[C@@H](O)Cn2c(N/N=C/c3ccncc3)nc3c2c(=O)[nH]c(=O)n3C)c1. The van der Waals surface area contributed by atoms with Crippen molar-refractivity contribution in [1.82, 2.24) is 24.1 Å². The van der Waals surface area contributed by atoms with Gasteiger partial charge in [-0.05, 0) is 41.8 Å². The highest BCUT2D eigenvalue weighted by Crippen LogP contribution is 2.18. The zero-order chi connectivity index (χ0) is 24.1. The lowest BCUT2D eigenvalue weighted by Gasteiger charge is -2.15. The van der Waals surface area contributed by atoms with Crippen LogP contribution in [-0.2, 0) is 20.0 Å². The molecule has 176 valence electrons. The lowest BCUT2D eigenvalue weighted by molar-refractivity contribution is 0.0938. The third kappa shape index (κ3) is 5.04. The molecule has 3 heterocycles. The van der Waals surface area contributed by atoms with Gasteiger partial charge in [-0.1, -0.05) is 19.1 Å². The number of hydrazone groups is 1. The third-order valence-electron chi connectivity index (χ3n) is 5.23. The van der Waals surface area contributed by atoms with Crippen LogP contribution in [0.5, 0.6) is 5.75 Å². The number of pyridine rings is 1. The van der Waals surface area contributed by atoms with Crippen LogP contribution in [0.25, 0.3) is 11.2 Å². The molecule has 0 spiro atoms. The Balaban J connectivity index is 1.60. The van der Waals surface area contributed by atoms with Crippen molar-refractivity contribution in [2.24, 2.45) is 12.1 Å². The first kappa shape index (κ1) is 22.9. The van der Waals surface area contributed by atoms with Gasteiger partial charge >= 0.3 is 5.69 Å². The van der Waals surface area contributed by atoms with Crippen molar-refractivity contribution in [3.63, 3.8) is 0 Å². The summed E-state index contributed by atoms with van der Waals surface area (Å²) < 4.78 is 8.45. The van der Waals surface area contributed by atoms with Gasteiger partial charge < -0.3 is 14.4 Å². The van der Waals surface area contributed by atoms with Gasteiger partial charge in [-0.2, -0.15) is 10.1 Å². The minimum absolute atomic E-state index is 0.00374. The van der Waals surface area contributed by atoms with E-state index in [1.807, 2.05) is 24.3 Å². The first-order valence-electron chi connectivity index (χ1n) is 10.7. The Morgan fingerprint density at radius 3 is 2.82 bits per heavy atom. The molecule has 3 N–H and O–H groups in total. The van der Waals surface area contributed by atoms with Gasteiger partial charge in [0.15, 0.2) is 11.2 Å². The number of hydrogen-bond donors (Lipinski definition) is 3. The Morgan fingerprint density at radius 2 is 2.06 bits per heavy atom. The van der Waals surface area contributed by atoms with E-state index in [0.29, 0.717) is 5.75 Å². The summed E-state index contributed by atoms with van der Waals surface area (Å²) in [6, 6.07) is 11.2. The number of benzene rings is 1. The molecular weight excluding hydrogens is 438 g/mol. The Kier molecular flexibility index (Phi) is 6.83. The van der Waals surface area contributed by atoms with Gasteiger partial charge in [0.1, 0.15) is 18.5 Å². The van der Waals surface area contributed by atoms with Gasteiger partial charge in [0.05, 0.1) is 12.8 Å². The summed E-state index contributed by atoms with van der Waals surface area (Å²) in [5.74, 6) is 0.841. The zero-order valence-corrected chi connectivity index (χ0v) is 18.8. The summed E-state index contributed by atoms with van der Waals surface area (Å²) in [5, 5.41) is 14.9. The first-order chi connectivity index (χ1) is 16.5. The van der Waals surface area contributed by atoms with E-state index in [1.54, 1.807) is 30.7 Å². The van der Waals surface area contributed by atoms with Gasteiger partial charge in [-0.25, -0.2) is 10.2 Å². The quantitative estimate of drug-likeness (QED) is 0.251. The van der Waals surface area contributed by atoms with E-state index in [9.17, 15) is 14.7 Å². The molecule has 1 aromatic carbocycles. The molecule has 11 nitrogen and oxygen atoms in total. The number of nitrogens with one attached hydrogen (secondary N) is 2. The number of imidazole rings is 1. The number of fused-ring (bicyclic) bond motifs is 1. The molecule has 0 bridgehead atoms. The number of aromatic nitrogens is 5. The highest BCUT2D eigenvalue weighted by atomic mass is 16.5. The number of aromatic amines is 1. The molecule has 0 amide bonds. The Morgan fingerprint density at radius 1 is 1.26 bits per heavy atom. The number of H-pyrrole nitrogens is 1. The summed E-state index contributed by atoms with van der Waals surface area (Å²) in [4.78, 5) is 35.2. The fourth-order valence-corrected chi connectivity index (χ4v) is 3.42. The van der Waals surface area contributed by atoms with Crippen LogP contribution < -0.4 is 21.4 Å². The fourth-order valence-electron chi connectivity index (χ4n) is 3.42. The monoisotopic (exact) mass is 463 g/mol. The van der Waals surface area contributed by atoms with Gasteiger partial charge in [0.25, 0.3) is 5.56 Å². The Hall–Kier alpha value is -4.25. The largest absolute Gasteiger partial charge is 0.491 e. The topological polar surface area (TPSA) is 139 Å². The molecule has 34 heavy (non-hydrogen) atoms. The molecule has 0 fully saturated rings. The lowest BCUT2D eigenvalue weighted by atomic mass is 10.2. The molecule has 0 saturated heterocycles. The number of aryl methyl sites for hydroxylation is 2. The Bertz CT molecular complexity index is 1420. The summed E-state index contributed by atoms with van der Waals surface area (Å²) in [6.07, 6.45) is 4.74. The van der Waals surface area contributed by atoms with Gasteiger partial charge in [0, 0.05) is 19.4 Å². The molecule has 3 aromatic heterocycles. The van der Waals surface area contributed by atoms with Crippen LogP contribution >= 0.6 is 0 Å². The molecule has 4 rings (SSSR count). The van der Waals surface area contributed by atoms with Gasteiger partial charge in [-0.15, -0.1) is 0 Å². The van der Waals surface area contributed by atoms with Gasteiger partial charge in [0.2, 0.25) is 5.95 Å². The lowest BCUT2D eigenvalue weighted by Crippen LogP contribution is -2.30. The molecule has 0 saturated carbocycles. The number of rotatable bonds is 9. The van der Waals surface area contributed by atoms with E-state index in [-0.39, 0.29) is 30.3 Å². The van der Waals surface area contributed by atoms with Crippen molar-refractivity contribution < 1.29 is 9.84 Å². The maximum absolute atomic E-state index is 12.6. The predicted octanol–water partition coefficient (Wildman–Crippen LogP) is 1.27. The third-order valence-corrected chi connectivity index (χ3v) is 5.23. The van der Waals surface area contributed by atoms with E-state index in [2.05, 4.69) is 32.4 Å². The van der Waals surface area contributed by atoms with Crippen LogP contribution in [0, 0.1) is 0 Å². The fraction of sp³-hybridized carbons (Fsp3) is 0.261. The molecule has 0 unspecified atom stereocenters. The van der Waals surface area contributed by atoms with Crippen LogP contribution in [0.1, 0.15) is 18.1 Å². The molecule has 1 atom stereocenters. The normalized spacial score (nSPS) is 12.3. The highest BCUT2D eigenvalue weighted by Gasteiger charge is 2.20. The first-order valence-corrected chi connectivity index (χ1v) is 10.7. The van der Waals surface area contributed by atoms with E-state index in [1.165, 1.54) is 16.2 Å². The molecular formula is C23H25N7O4. The van der Waals surface area contributed by atoms with Crippen LogP contribution in [0.3, 0.4) is 0 Å². The van der Waals surface area contributed by atoms with Crippen molar-refractivity contribution in [2.75, 3.05) is 12.0 Å². The summed E-state index contributed by atoms with van der Waals surface area (Å²) >= 11 is 0. The minimum Gasteiger partial charge on any atom is -0.491 e. The van der Waals surface area contributed by atoms with E-state index < -0.39 is 17.4 Å². The van der Waals surface area contributed by atoms with Gasteiger partial charge in [-0.3, -0.25) is 19.3 Å². The Labute approximate surface area is 194 Å². The molecule has 4 aromatic rings. The van der Waals surface area contributed by atoms with Crippen molar-refractivity contribution in [2.45, 2.75) is 26.0 Å². The summed E-state index contributed by atoms with van der Waals surface area (Å²) in [5.41, 5.74) is 3.83. The second-order valence-electron chi connectivity index (χ2n) is 7.65. The summed E-state index contributed by atoms with van der Waals surface area (Å²) in [7, 11) is 1.50. The van der Waals surface area contributed by atoms with Crippen molar-refractivity contribution in [3.05, 3.63) is 80.8 Å². The van der Waals surface area contributed by atoms with Crippen molar-refractivity contribution in [1.29, 1.82) is 0 Å². The van der Waals surface area contributed by atoms with E-state index >= 15 is 0 Å². The predicted molar refractivity (Wildman–Crippen MR) is 128 cm³/mol. The summed E-state index contributed by atoms with van der Waals surface area (Å²) in [6.45, 7) is 2.03. The van der Waals surface area contributed by atoms with Crippen molar-refractivity contribution in [3.8, 4) is 5.75 Å². The number of ether oxygens (including phenoxy) is 1. The maximum atomic E-state index is 12.6. The smallest absolute Gasteiger partial charge is 0.329 e. The zero-order valence-electron chi connectivity index (χ0n) is 18.8. The van der Waals surface area contributed by atoms with Crippen LogP contribution in [0.15, 0.2) is 63.5 Å². The number of anilines is 1. The van der Waals surface area contributed by atoms with E-state index in [0.717, 1.165) is 17.5 Å². The second-order valence-corrected chi connectivity index (χ2v) is 7.65. The number of nitrogens with zero attached hydrogens (tertiary/aromatic N) is 5. The van der Waals surface area contributed by atoms with E-state index in [4.69, 9.17) is 4.74 Å². The molecule has 0 aliphatic carbocycles. The maximum Gasteiger partial charge on any atom is 0.329 e. The second kappa shape index (κ2) is 10.1. The molecule has 0 aliphatic heterocycles. The van der Waals surface area contributed by atoms with Crippen LogP contribution in [0.2, 0.25) is 0 Å². The molecule has 0 aliphatic rings. The van der Waals surface area contributed by atoms with Crippen LogP contribution in [-0.4, -0.2) is 48.1 Å². The standard InChI is InChI=1S/C23H25N7O4/c1-3-15-5-4-6-18(11-15)34-14-17(31)13-30-19-20(29(2)23(33)27-21(19)32)26-22(30)28-25-12-16-7-9-24-10-8-16/h4-12,17,31H,3,13-14H2,1-2H3,(H,26,28)(H,27,32,33)/b25-12+/t17-/m0/s1. The molecule has 0 radical (unpaired) electrons. The number of hydrogen-bond acceptors (Lipinski definition) is 8. The average Bonchev–Trinajstić information content (AvgIpc) is 3.20. The average molecular weight is 463 g/mol. The van der Waals surface area contributed by atoms with Crippen molar-refractivity contribution >= 4 is 23.3 Å². The number of aliphatic hydroxyl groups is 1. The highest BCUT2D eigenvalue weighted by molar-refractivity contribution is 5.80.